The molecular formula is C32H30ClN3O5. The molecule has 0 aliphatic heterocycles. The molecule has 0 atom stereocenters. The van der Waals surface area contributed by atoms with Crippen molar-refractivity contribution in [2.24, 2.45) is 5.10 Å². The number of rotatable bonds is 11. The molecule has 0 aliphatic carbocycles. The fourth-order valence-electron chi connectivity index (χ4n) is 3.89. The number of nitrogens with one attached hydrogen (secondary N) is 2. The van der Waals surface area contributed by atoms with E-state index < -0.39 is 5.91 Å². The summed E-state index contributed by atoms with van der Waals surface area (Å²) in [6.07, 6.45) is 1.51. The summed E-state index contributed by atoms with van der Waals surface area (Å²) in [6, 6.07) is 25.2. The van der Waals surface area contributed by atoms with E-state index in [-0.39, 0.29) is 12.5 Å². The van der Waals surface area contributed by atoms with Crippen LogP contribution in [0.1, 0.15) is 32.6 Å². The van der Waals surface area contributed by atoms with Gasteiger partial charge in [-0.1, -0.05) is 41.9 Å². The predicted molar refractivity (Wildman–Crippen MR) is 160 cm³/mol. The van der Waals surface area contributed by atoms with Crippen molar-refractivity contribution >= 4 is 35.3 Å². The summed E-state index contributed by atoms with van der Waals surface area (Å²) in [5.74, 6) is 0.997. The molecule has 0 bridgehead atoms. The fourth-order valence-corrected chi connectivity index (χ4v) is 4.00. The van der Waals surface area contributed by atoms with E-state index in [1.54, 1.807) is 55.6 Å². The van der Waals surface area contributed by atoms with Crippen LogP contribution in [0.25, 0.3) is 0 Å². The number of anilines is 1. The first kappa shape index (κ1) is 29.2. The molecule has 0 aromatic heterocycles. The van der Waals surface area contributed by atoms with Crippen LogP contribution >= 0.6 is 11.6 Å². The molecule has 0 aliphatic rings. The Morgan fingerprint density at radius 3 is 2.27 bits per heavy atom. The molecule has 4 aromatic carbocycles. The molecular weight excluding hydrogens is 542 g/mol. The Hall–Kier alpha value is -4.82. The molecule has 0 heterocycles. The van der Waals surface area contributed by atoms with Gasteiger partial charge in [0.15, 0.2) is 18.1 Å². The minimum Gasteiger partial charge on any atom is -0.493 e. The second kappa shape index (κ2) is 14.0. The molecule has 2 N–H and O–H groups in total. The SMILES string of the molecule is COc1cc(/C=N\NC(=O)c2ccc(NC(=O)COc3cc(C)c(Cl)c(C)c3)cc2)ccc1OCc1ccccc1. The second-order valence-corrected chi connectivity index (χ2v) is 9.55. The molecule has 4 aromatic rings. The fraction of sp³-hybridized carbons (Fsp3) is 0.156. The van der Waals surface area contributed by atoms with Crippen LogP contribution in [0.5, 0.6) is 17.2 Å². The van der Waals surface area contributed by atoms with Gasteiger partial charge in [-0.2, -0.15) is 5.10 Å². The van der Waals surface area contributed by atoms with Crippen LogP contribution in [-0.2, 0) is 11.4 Å². The zero-order valence-electron chi connectivity index (χ0n) is 22.9. The minimum absolute atomic E-state index is 0.164. The molecule has 0 spiro atoms. The van der Waals surface area contributed by atoms with Gasteiger partial charge in [0.25, 0.3) is 11.8 Å². The van der Waals surface area contributed by atoms with Gasteiger partial charge < -0.3 is 19.5 Å². The van der Waals surface area contributed by atoms with Gasteiger partial charge in [0.05, 0.1) is 13.3 Å². The highest BCUT2D eigenvalue weighted by Gasteiger charge is 2.09. The van der Waals surface area contributed by atoms with Crippen LogP contribution in [0.4, 0.5) is 5.69 Å². The number of carbonyl (C=O) groups is 2. The Labute approximate surface area is 243 Å². The standard InChI is InChI=1S/C32H30ClN3O5/c1-21-15-27(16-22(2)31(21)33)40-20-30(37)35-26-12-10-25(11-13-26)32(38)36-34-18-24-9-14-28(29(17-24)39-3)41-19-23-7-5-4-6-8-23/h4-18H,19-20H2,1-3H3,(H,35,37)(H,36,38)/b34-18-. The number of halogens is 1. The van der Waals surface area contributed by atoms with Crippen LogP contribution in [0.15, 0.2) is 90.0 Å². The summed E-state index contributed by atoms with van der Waals surface area (Å²) < 4.78 is 16.9. The van der Waals surface area contributed by atoms with E-state index in [2.05, 4.69) is 15.8 Å². The van der Waals surface area contributed by atoms with Gasteiger partial charge in [-0.25, -0.2) is 5.43 Å². The summed E-state index contributed by atoms with van der Waals surface area (Å²) in [4.78, 5) is 24.8. The van der Waals surface area contributed by atoms with Gasteiger partial charge in [0, 0.05) is 16.3 Å². The van der Waals surface area contributed by atoms with Crippen LogP contribution in [0.3, 0.4) is 0 Å². The molecule has 0 saturated heterocycles. The molecule has 2 amide bonds. The molecule has 4 rings (SSSR count). The van der Waals surface area contributed by atoms with Crippen molar-refractivity contribution in [1.82, 2.24) is 5.43 Å². The van der Waals surface area contributed by atoms with E-state index in [9.17, 15) is 9.59 Å². The highest BCUT2D eigenvalue weighted by atomic mass is 35.5. The Balaban J connectivity index is 1.26. The highest BCUT2D eigenvalue weighted by molar-refractivity contribution is 6.32. The normalized spacial score (nSPS) is 10.7. The Morgan fingerprint density at radius 2 is 1.59 bits per heavy atom. The van der Waals surface area contributed by atoms with Crippen molar-refractivity contribution in [2.45, 2.75) is 20.5 Å². The van der Waals surface area contributed by atoms with Crippen molar-refractivity contribution in [2.75, 3.05) is 19.0 Å². The lowest BCUT2D eigenvalue weighted by Crippen LogP contribution is -2.20. The largest absolute Gasteiger partial charge is 0.493 e. The molecule has 0 radical (unpaired) electrons. The summed E-state index contributed by atoms with van der Waals surface area (Å²) in [5, 5.41) is 7.46. The van der Waals surface area contributed by atoms with Crippen LogP contribution in [0.2, 0.25) is 5.02 Å². The first-order valence-electron chi connectivity index (χ1n) is 12.8. The number of benzene rings is 4. The van der Waals surface area contributed by atoms with E-state index in [4.69, 9.17) is 25.8 Å². The van der Waals surface area contributed by atoms with E-state index in [1.807, 2.05) is 50.2 Å². The van der Waals surface area contributed by atoms with Crippen LogP contribution < -0.4 is 25.0 Å². The average Bonchev–Trinajstić information content (AvgIpc) is 2.98. The third-order valence-corrected chi connectivity index (χ3v) is 6.61. The van der Waals surface area contributed by atoms with Gasteiger partial charge in [0.2, 0.25) is 0 Å². The highest BCUT2D eigenvalue weighted by Crippen LogP contribution is 2.28. The number of amides is 2. The Kier molecular flexibility index (Phi) is 9.96. The van der Waals surface area contributed by atoms with Crippen LogP contribution in [0, 0.1) is 13.8 Å². The maximum Gasteiger partial charge on any atom is 0.271 e. The van der Waals surface area contributed by atoms with E-state index in [1.165, 1.54) is 6.21 Å². The molecule has 0 saturated carbocycles. The zero-order valence-corrected chi connectivity index (χ0v) is 23.7. The number of hydrazone groups is 1. The molecule has 210 valence electrons. The number of hydrogen-bond donors (Lipinski definition) is 2. The summed E-state index contributed by atoms with van der Waals surface area (Å²) in [5.41, 5.74) is 6.93. The van der Waals surface area contributed by atoms with Crippen molar-refractivity contribution in [1.29, 1.82) is 0 Å². The topological polar surface area (TPSA) is 98.2 Å². The smallest absolute Gasteiger partial charge is 0.271 e. The van der Waals surface area contributed by atoms with Gasteiger partial charge in [-0.15, -0.1) is 0 Å². The Morgan fingerprint density at radius 1 is 0.878 bits per heavy atom. The number of methoxy groups -OCH3 is 1. The summed E-state index contributed by atoms with van der Waals surface area (Å²) >= 11 is 6.17. The molecule has 41 heavy (non-hydrogen) atoms. The number of carbonyl (C=O) groups excluding carboxylic acids is 2. The van der Waals surface area contributed by atoms with Crippen molar-refractivity contribution in [3.63, 3.8) is 0 Å². The van der Waals surface area contributed by atoms with Gasteiger partial charge in [0.1, 0.15) is 12.4 Å². The van der Waals surface area contributed by atoms with Gasteiger partial charge in [-0.05, 0) is 90.7 Å². The van der Waals surface area contributed by atoms with E-state index >= 15 is 0 Å². The number of ether oxygens (including phenoxy) is 3. The predicted octanol–water partition coefficient (Wildman–Crippen LogP) is 6.33. The van der Waals surface area contributed by atoms with E-state index in [0.717, 1.165) is 22.3 Å². The monoisotopic (exact) mass is 571 g/mol. The maximum absolute atomic E-state index is 12.5. The molecule has 0 fully saturated rings. The quantitative estimate of drug-likeness (QED) is 0.162. The first-order chi connectivity index (χ1) is 19.8. The van der Waals surface area contributed by atoms with Crippen molar-refractivity contribution in [3.05, 3.63) is 118 Å². The van der Waals surface area contributed by atoms with Crippen molar-refractivity contribution in [3.8, 4) is 17.2 Å². The molecule has 0 unspecified atom stereocenters. The number of hydrogen-bond acceptors (Lipinski definition) is 6. The number of aryl methyl sites for hydroxylation is 2. The lowest BCUT2D eigenvalue weighted by atomic mass is 10.1. The number of nitrogens with zero attached hydrogens (tertiary/aromatic N) is 1. The minimum atomic E-state index is -0.397. The second-order valence-electron chi connectivity index (χ2n) is 9.17. The molecule has 8 nitrogen and oxygen atoms in total. The van der Waals surface area contributed by atoms with Crippen molar-refractivity contribution < 1.29 is 23.8 Å². The lowest BCUT2D eigenvalue weighted by Gasteiger charge is -2.11. The average molecular weight is 572 g/mol. The first-order valence-corrected chi connectivity index (χ1v) is 13.2. The molecule has 9 heteroatoms. The van der Waals surface area contributed by atoms with E-state index in [0.29, 0.717) is 40.1 Å². The maximum atomic E-state index is 12.5. The lowest BCUT2D eigenvalue weighted by molar-refractivity contribution is -0.118. The van der Waals surface area contributed by atoms with Gasteiger partial charge >= 0.3 is 0 Å². The summed E-state index contributed by atoms with van der Waals surface area (Å²) in [7, 11) is 1.56. The van der Waals surface area contributed by atoms with Gasteiger partial charge in [-0.3, -0.25) is 9.59 Å². The Bertz CT molecular complexity index is 1520. The third kappa shape index (κ3) is 8.33. The van der Waals surface area contributed by atoms with Crippen LogP contribution in [-0.4, -0.2) is 31.7 Å². The zero-order chi connectivity index (χ0) is 29.2. The third-order valence-electron chi connectivity index (χ3n) is 6.02. The summed E-state index contributed by atoms with van der Waals surface area (Å²) in [6.45, 7) is 4.01.